The Kier molecular flexibility index (Phi) is 6.91. The zero-order chi connectivity index (χ0) is 25.2. The first-order valence-electron chi connectivity index (χ1n) is 11.1. The van der Waals surface area contributed by atoms with Gasteiger partial charge in [-0.25, -0.2) is 8.42 Å². The highest BCUT2D eigenvalue weighted by Gasteiger charge is 2.50. The molecule has 1 aliphatic carbocycles. The molecular formula is C26H25F2NO5S. The topological polar surface area (TPSA) is 83.9 Å². The van der Waals surface area contributed by atoms with Crippen molar-refractivity contribution in [3.8, 4) is 16.9 Å². The summed E-state index contributed by atoms with van der Waals surface area (Å²) in [7, 11) is -4.27. The minimum Gasteiger partial charge on any atom is -0.480 e. The molecule has 4 rings (SSSR count). The maximum absolute atomic E-state index is 13.6. The molecule has 0 amide bonds. The van der Waals surface area contributed by atoms with Crippen LogP contribution in [0.15, 0.2) is 77.7 Å². The van der Waals surface area contributed by atoms with E-state index < -0.39 is 34.7 Å². The Bertz CT molecular complexity index is 1290. The van der Waals surface area contributed by atoms with E-state index >= 15 is 0 Å². The summed E-state index contributed by atoms with van der Waals surface area (Å²) in [4.78, 5) is 11.5. The maximum Gasteiger partial charge on any atom is 0.387 e. The molecule has 0 spiro atoms. The lowest BCUT2D eigenvalue weighted by Gasteiger charge is -2.49. The van der Waals surface area contributed by atoms with Crippen molar-refractivity contribution >= 4 is 16.0 Å². The van der Waals surface area contributed by atoms with E-state index in [9.17, 15) is 27.1 Å². The minimum absolute atomic E-state index is 0.186. The molecule has 0 aliphatic heterocycles. The molecule has 1 N–H and O–H groups in total. The molecule has 6 nitrogen and oxygen atoms in total. The lowest BCUT2D eigenvalue weighted by molar-refractivity contribution is -0.139. The van der Waals surface area contributed by atoms with E-state index in [0.29, 0.717) is 18.4 Å². The highest BCUT2D eigenvalue weighted by molar-refractivity contribution is 7.89. The van der Waals surface area contributed by atoms with Gasteiger partial charge in [0.25, 0.3) is 0 Å². The third-order valence-corrected chi connectivity index (χ3v) is 8.31. The number of rotatable bonds is 9. The van der Waals surface area contributed by atoms with Gasteiger partial charge in [0.1, 0.15) is 12.3 Å². The summed E-state index contributed by atoms with van der Waals surface area (Å²) in [5, 5.41) is 9.57. The van der Waals surface area contributed by atoms with Gasteiger partial charge >= 0.3 is 12.6 Å². The average molecular weight is 502 g/mol. The normalized spacial score (nSPS) is 15.1. The van der Waals surface area contributed by atoms with Gasteiger partial charge in [-0.2, -0.15) is 13.1 Å². The molecular weight excluding hydrogens is 476 g/mol. The van der Waals surface area contributed by atoms with Crippen LogP contribution >= 0.6 is 0 Å². The molecule has 0 heterocycles. The molecule has 0 aromatic heterocycles. The van der Waals surface area contributed by atoms with Gasteiger partial charge < -0.3 is 9.84 Å². The SMILES string of the molecule is Cc1ccc(-c2ccc(C3(N(CC(=O)O)S(=O)(=O)c4ccc(OC(F)F)cc4)CCC3)cc2)cc1. The molecule has 1 saturated carbocycles. The number of alkyl halides is 2. The summed E-state index contributed by atoms with van der Waals surface area (Å²) in [6, 6.07) is 20.1. The second kappa shape index (κ2) is 9.75. The van der Waals surface area contributed by atoms with Crippen LogP contribution in [0.5, 0.6) is 5.75 Å². The molecule has 184 valence electrons. The molecule has 3 aromatic rings. The number of carbonyl (C=O) groups is 1. The molecule has 0 atom stereocenters. The van der Waals surface area contributed by atoms with E-state index in [-0.39, 0.29) is 10.6 Å². The van der Waals surface area contributed by atoms with Gasteiger partial charge in [0.2, 0.25) is 10.0 Å². The second-order valence-corrected chi connectivity index (χ2v) is 10.4. The fraction of sp³-hybridized carbons (Fsp3) is 0.269. The van der Waals surface area contributed by atoms with Gasteiger partial charge in [-0.1, -0.05) is 54.1 Å². The van der Waals surface area contributed by atoms with Crippen LogP contribution < -0.4 is 4.74 Å². The van der Waals surface area contributed by atoms with Crippen molar-refractivity contribution in [3.63, 3.8) is 0 Å². The highest BCUT2D eigenvalue weighted by atomic mass is 32.2. The Balaban J connectivity index is 1.70. The fourth-order valence-corrected chi connectivity index (χ4v) is 6.19. The fourth-order valence-electron chi connectivity index (χ4n) is 4.42. The third kappa shape index (κ3) is 5.06. The third-order valence-electron chi connectivity index (χ3n) is 6.38. The minimum atomic E-state index is -4.27. The molecule has 0 bridgehead atoms. The summed E-state index contributed by atoms with van der Waals surface area (Å²) >= 11 is 0. The molecule has 1 aliphatic rings. The van der Waals surface area contributed by atoms with Gasteiger partial charge in [0.05, 0.1) is 10.4 Å². The lowest BCUT2D eigenvalue weighted by atomic mass is 9.71. The van der Waals surface area contributed by atoms with Crippen LogP contribution in [0.2, 0.25) is 0 Å². The monoisotopic (exact) mass is 501 g/mol. The predicted octanol–water partition coefficient (Wildman–Crippen LogP) is 5.42. The van der Waals surface area contributed by atoms with Gasteiger partial charge in [-0.3, -0.25) is 4.79 Å². The van der Waals surface area contributed by atoms with Crippen molar-refractivity contribution in [2.45, 2.75) is 43.2 Å². The number of hydrogen-bond donors (Lipinski definition) is 1. The zero-order valence-corrected chi connectivity index (χ0v) is 19.8. The lowest BCUT2D eigenvalue weighted by Crippen LogP contribution is -2.55. The Morgan fingerprint density at radius 2 is 1.51 bits per heavy atom. The van der Waals surface area contributed by atoms with Crippen LogP contribution in [-0.2, 0) is 20.4 Å². The molecule has 0 saturated heterocycles. The predicted molar refractivity (Wildman–Crippen MR) is 127 cm³/mol. The van der Waals surface area contributed by atoms with E-state index in [1.165, 1.54) is 0 Å². The van der Waals surface area contributed by atoms with Crippen LogP contribution in [0, 0.1) is 6.92 Å². The largest absolute Gasteiger partial charge is 0.480 e. The van der Waals surface area contributed by atoms with E-state index in [2.05, 4.69) is 4.74 Å². The van der Waals surface area contributed by atoms with Crippen LogP contribution in [0.1, 0.15) is 30.4 Å². The number of aryl methyl sites for hydroxylation is 1. The van der Waals surface area contributed by atoms with E-state index in [4.69, 9.17) is 0 Å². The van der Waals surface area contributed by atoms with Crippen LogP contribution in [-0.4, -0.2) is 37.0 Å². The number of halogens is 2. The molecule has 9 heteroatoms. The van der Waals surface area contributed by atoms with Crippen molar-refractivity contribution in [1.82, 2.24) is 4.31 Å². The quantitative estimate of drug-likeness (QED) is 0.423. The maximum atomic E-state index is 13.6. The number of carboxylic acid groups (broad SMARTS) is 1. The number of aliphatic carboxylic acids is 1. The number of benzene rings is 3. The Morgan fingerprint density at radius 3 is 1.97 bits per heavy atom. The van der Waals surface area contributed by atoms with Crippen molar-refractivity contribution < 1.29 is 31.8 Å². The van der Waals surface area contributed by atoms with Crippen LogP contribution in [0.4, 0.5) is 8.78 Å². The average Bonchev–Trinajstić information content (AvgIpc) is 2.78. The van der Waals surface area contributed by atoms with Gasteiger partial charge in [0, 0.05) is 0 Å². The molecule has 1 fully saturated rings. The first-order chi connectivity index (χ1) is 16.6. The summed E-state index contributed by atoms with van der Waals surface area (Å²) in [5.74, 6) is -1.47. The molecule has 0 radical (unpaired) electrons. The summed E-state index contributed by atoms with van der Waals surface area (Å²) < 4.78 is 57.5. The van der Waals surface area contributed by atoms with Gasteiger partial charge in [0.15, 0.2) is 0 Å². The summed E-state index contributed by atoms with van der Waals surface area (Å²) in [6.45, 7) is -1.76. The standard InChI is InChI=1S/C26H25F2NO5S/c1-18-3-5-19(6-4-18)20-7-9-21(10-8-20)26(15-2-16-26)29(17-24(30)31)35(32,33)23-13-11-22(12-14-23)34-25(27)28/h3-14,25H,2,15-17H2,1H3,(H,30,31). The smallest absolute Gasteiger partial charge is 0.387 e. The summed E-state index contributed by atoms with van der Waals surface area (Å²) in [5.41, 5.74) is 2.82. The van der Waals surface area contributed by atoms with Crippen molar-refractivity contribution in [1.29, 1.82) is 0 Å². The molecule has 3 aromatic carbocycles. The Morgan fingerprint density at radius 1 is 0.971 bits per heavy atom. The van der Waals surface area contributed by atoms with Crippen molar-refractivity contribution in [2.75, 3.05) is 6.54 Å². The number of ether oxygens (including phenoxy) is 1. The number of nitrogens with zero attached hydrogens (tertiary/aromatic N) is 1. The van der Waals surface area contributed by atoms with E-state index in [1.54, 1.807) is 0 Å². The first-order valence-corrected chi connectivity index (χ1v) is 12.5. The number of hydrogen-bond acceptors (Lipinski definition) is 4. The highest BCUT2D eigenvalue weighted by Crippen LogP contribution is 2.49. The summed E-state index contributed by atoms with van der Waals surface area (Å²) in [6.07, 6.45) is 1.68. The van der Waals surface area contributed by atoms with E-state index in [1.807, 2.05) is 55.5 Å². The van der Waals surface area contributed by atoms with Crippen molar-refractivity contribution in [3.05, 3.63) is 83.9 Å². The van der Waals surface area contributed by atoms with Crippen molar-refractivity contribution in [2.24, 2.45) is 0 Å². The van der Waals surface area contributed by atoms with Crippen LogP contribution in [0.25, 0.3) is 11.1 Å². The van der Waals surface area contributed by atoms with Crippen LogP contribution in [0.3, 0.4) is 0 Å². The Labute approximate surface area is 202 Å². The Hall–Kier alpha value is -3.30. The number of sulfonamides is 1. The number of carboxylic acids is 1. The van der Waals surface area contributed by atoms with Gasteiger partial charge in [-0.15, -0.1) is 0 Å². The second-order valence-electron chi connectivity index (χ2n) is 8.58. The molecule has 35 heavy (non-hydrogen) atoms. The first kappa shape index (κ1) is 24.8. The zero-order valence-electron chi connectivity index (χ0n) is 19.0. The molecule has 0 unspecified atom stereocenters. The van der Waals surface area contributed by atoms with Gasteiger partial charge in [-0.05, 0) is 67.1 Å². The van der Waals surface area contributed by atoms with E-state index in [0.717, 1.165) is 51.7 Å².